The van der Waals surface area contributed by atoms with Crippen LogP contribution in [-0.4, -0.2) is 15.9 Å². The molecule has 0 saturated carbocycles. The van der Waals surface area contributed by atoms with E-state index in [9.17, 15) is 9.59 Å². The highest BCUT2D eigenvalue weighted by Gasteiger charge is 2.14. The zero-order chi connectivity index (χ0) is 18.5. The van der Waals surface area contributed by atoms with Gasteiger partial charge in [0, 0.05) is 16.3 Å². The monoisotopic (exact) mass is 386 g/mol. The van der Waals surface area contributed by atoms with Crippen molar-refractivity contribution in [3.05, 3.63) is 81.1 Å². The molecule has 0 spiro atoms. The van der Waals surface area contributed by atoms with Crippen LogP contribution in [0.1, 0.15) is 15.9 Å². The molecular formula is C18H15ClN4O2S. The summed E-state index contributed by atoms with van der Waals surface area (Å²) in [6.07, 6.45) is 0. The third-order valence-electron chi connectivity index (χ3n) is 3.52. The molecule has 3 aromatic rings. The third kappa shape index (κ3) is 4.25. The Bertz CT molecular complexity index is 992. The Hall–Kier alpha value is -2.77. The molecular weight excluding hydrogens is 372 g/mol. The molecule has 0 bridgehead atoms. The summed E-state index contributed by atoms with van der Waals surface area (Å²) in [5.74, 6) is 0.0541. The van der Waals surface area contributed by atoms with Gasteiger partial charge in [-0.1, -0.05) is 59.8 Å². The van der Waals surface area contributed by atoms with Gasteiger partial charge >= 0.3 is 0 Å². The van der Waals surface area contributed by atoms with Crippen molar-refractivity contribution in [2.45, 2.75) is 10.9 Å². The highest BCUT2D eigenvalue weighted by molar-refractivity contribution is 7.98. The Morgan fingerprint density at radius 2 is 1.85 bits per heavy atom. The first kappa shape index (κ1) is 18.0. The topological polar surface area (TPSA) is 101 Å². The number of nitrogens with zero attached hydrogens (tertiary/aromatic N) is 1. The van der Waals surface area contributed by atoms with Gasteiger partial charge in [-0.2, -0.15) is 0 Å². The number of aromatic nitrogens is 2. The van der Waals surface area contributed by atoms with Crippen LogP contribution in [-0.2, 0) is 5.75 Å². The summed E-state index contributed by atoms with van der Waals surface area (Å²) >= 11 is 7.41. The lowest BCUT2D eigenvalue weighted by molar-refractivity contribution is 0.102. The van der Waals surface area contributed by atoms with Crippen molar-refractivity contribution in [2.24, 2.45) is 0 Å². The fourth-order valence-corrected chi connectivity index (χ4v) is 3.35. The number of halogens is 1. The Kier molecular flexibility index (Phi) is 5.60. The molecule has 4 N–H and O–H groups in total. The third-order valence-corrected chi connectivity index (χ3v) is 4.81. The van der Waals surface area contributed by atoms with E-state index < -0.39 is 11.5 Å². The number of aromatic amines is 1. The Labute approximate surface area is 158 Å². The first-order valence-corrected chi connectivity index (χ1v) is 9.03. The maximum absolute atomic E-state index is 12.3. The first-order valence-electron chi connectivity index (χ1n) is 7.67. The minimum absolute atomic E-state index is 0.0420. The standard InChI is InChI=1S/C18H15ClN4O2S/c19-13-9-5-4-8-12(13)10-26-18-22-15(20)14(17(25)23-18)21-16(24)11-6-2-1-3-7-11/h1-9H,10H2,(H,21,24)(H3,20,22,23,25). The molecule has 0 aliphatic carbocycles. The summed E-state index contributed by atoms with van der Waals surface area (Å²) in [7, 11) is 0. The predicted molar refractivity (Wildman–Crippen MR) is 105 cm³/mol. The van der Waals surface area contributed by atoms with Gasteiger partial charge in [0.05, 0.1) is 0 Å². The lowest BCUT2D eigenvalue weighted by Crippen LogP contribution is -2.23. The summed E-state index contributed by atoms with van der Waals surface area (Å²) in [6, 6.07) is 16.0. The molecule has 0 fully saturated rings. The van der Waals surface area contributed by atoms with Crippen LogP contribution in [0.3, 0.4) is 0 Å². The zero-order valence-corrected chi connectivity index (χ0v) is 15.1. The quantitative estimate of drug-likeness (QED) is 0.460. The summed E-state index contributed by atoms with van der Waals surface area (Å²) in [5, 5.41) is 3.50. The minimum Gasteiger partial charge on any atom is -0.382 e. The highest BCUT2D eigenvalue weighted by atomic mass is 35.5. The SMILES string of the molecule is Nc1nc(SCc2ccccc2Cl)[nH]c(=O)c1NC(=O)c1ccccc1. The lowest BCUT2D eigenvalue weighted by Gasteiger charge is -2.09. The van der Waals surface area contributed by atoms with Crippen molar-refractivity contribution in [3.8, 4) is 0 Å². The van der Waals surface area contributed by atoms with Crippen LogP contribution >= 0.6 is 23.4 Å². The number of carbonyl (C=O) groups excluding carboxylic acids is 1. The van der Waals surface area contributed by atoms with E-state index in [0.29, 0.717) is 21.5 Å². The zero-order valence-electron chi connectivity index (χ0n) is 13.5. The minimum atomic E-state index is -0.511. The van der Waals surface area contributed by atoms with Crippen molar-refractivity contribution >= 4 is 40.8 Å². The average molecular weight is 387 g/mol. The number of benzene rings is 2. The van der Waals surface area contributed by atoms with Gasteiger partial charge in [0.2, 0.25) is 0 Å². The number of carbonyl (C=O) groups is 1. The number of thioether (sulfide) groups is 1. The number of nitrogens with one attached hydrogen (secondary N) is 2. The maximum atomic E-state index is 12.3. The molecule has 3 rings (SSSR count). The smallest absolute Gasteiger partial charge is 0.277 e. The summed E-state index contributed by atoms with van der Waals surface area (Å²) in [6.45, 7) is 0. The van der Waals surface area contributed by atoms with Gasteiger partial charge in [-0.3, -0.25) is 14.6 Å². The molecule has 1 heterocycles. The van der Waals surface area contributed by atoms with E-state index in [0.717, 1.165) is 5.56 Å². The van der Waals surface area contributed by atoms with Crippen LogP contribution in [0.5, 0.6) is 0 Å². The lowest BCUT2D eigenvalue weighted by atomic mass is 10.2. The van der Waals surface area contributed by atoms with Crippen molar-refractivity contribution in [1.82, 2.24) is 9.97 Å². The number of amides is 1. The van der Waals surface area contributed by atoms with E-state index in [1.54, 1.807) is 36.4 Å². The largest absolute Gasteiger partial charge is 0.382 e. The van der Waals surface area contributed by atoms with E-state index in [4.69, 9.17) is 17.3 Å². The van der Waals surface area contributed by atoms with Gasteiger partial charge in [0.25, 0.3) is 11.5 Å². The second-order valence-electron chi connectivity index (χ2n) is 5.33. The Balaban J connectivity index is 1.75. The number of rotatable bonds is 5. The van der Waals surface area contributed by atoms with Crippen molar-refractivity contribution in [3.63, 3.8) is 0 Å². The van der Waals surface area contributed by atoms with Crippen LogP contribution in [0.15, 0.2) is 64.5 Å². The molecule has 0 saturated heterocycles. The summed E-state index contributed by atoms with van der Waals surface area (Å²) in [4.78, 5) is 31.2. The van der Waals surface area contributed by atoms with Crippen molar-refractivity contribution in [1.29, 1.82) is 0 Å². The second-order valence-corrected chi connectivity index (χ2v) is 6.70. The molecule has 0 aliphatic rings. The molecule has 26 heavy (non-hydrogen) atoms. The number of nitrogen functional groups attached to an aromatic ring is 1. The second kappa shape index (κ2) is 8.07. The average Bonchev–Trinajstić information content (AvgIpc) is 2.64. The van der Waals surface area contributed by atoms with Crippen LogP contribution in [0, 0.1) is 0 Å². The van der Waals surface area contributed by atoms with Gasteiger partial charge in [-0.05, 0) is 23.8 Å². The van der Waals surface area contributed by atoms with E-state index in [2.05, 4.69) is 15.3 Å². The number of anilines is 2. The molecule has 1 aromatic heterocycles. The number of hydrogen-bond acceptors (Lipinski definition) is 5. The van der Waals surface area contributed by atoms with Crippen LogP contribution in [0.4, 0.5) is 11.5 Å². The van der Waals surface area contributed by atoms with E-state index >= 15 is 0 Å². The van der Waals surface area contributed by atoms with E-state index in [1.807, 2.05) is 18.2 Å². The summed E-state index contributed by atoms with van der Waals surface area (Å²) < 4.78 is 0. The van der Waals surface area contributed by atoms with Crippen LogP contribution in [0.2, 0.25) is 5.02 Å². The number of hydrogen-bond donors (Lipinski definition) is 3. The van der Waals surface area contributed by atoms with E-state index in [-0.39, 0.29) is 11.5 Å². The van der Waals surface area contributed by atoms with Gasteiger partial charge in [-0.25, -0.2) is 4.98 Å². The fraction of sp³-hybridized carbons (Fsp3) is 0.0556. The van der Waals surface area contributed by atoms with E-state index in [1.165, 1.54) is 11.8 Å². The Morgan fingerprint density at radius 1 is 1.15 bits per heavy atom. The molecule has 0 radical (unpaired) electrons. The Morgan fingerprint density at radius 3 is 2.54 bits per heavy atom. The van der Waals surface area contributed by atoms with Crippen LogP contribution < -0.4 is 16.6 Å². The van der Waals surface area contributed by atoms with Gasteiger partial charge in [0.15, 0.2) is 11.0 Å². The number of nitrogens with two attached hydrogens (primary N) is 1. The van der Waals surface area contributed by atoms with Gasteiger partial charge in [0.1, 0.15) is 5.69 Å². The predicted octanol–water partition coefficient (Wildman–Crippen LogP) is 3.55. The molecule has 6 nitrogen and oxygen atoms in total. The van der Waals surface area contributed by atoms with Crippen LogP contribution in [0.25, 0.3) is 0 Å². The first-order chi connectivity index (χ1) is 12.5. The molecule has 2 aromatic carbocycles. The molecule has 0 unspecified atom stereocenters. The van der Waals surface area contributed by atoms with Gasteiger partial charge < -0.3 is 11.1 Å². The van der Waals surface area contributed by atoms with Crippen molar-refractivity contribution in [2.75, 3.05) is 11.1 Å². The normalized spacial score (nSPS) is 10.5. The molecule has 1 amide bonds. The highest BCUT2D eigenvalue weighted by Crippen LogP contribution is 2.25. The molecule has 0 atom stereocenters. The fourth-order valence-electron chi connectivity index (χ4n) is 2.20. The summed E-state index contributed by atoms with van der Waals surface area (Å²) in [5.41, 5.74) is 6.62. The van der Waals surface area contributed by atoms with Gasteiger partial charge in [-0.15, -0.1) is 0 Å². The van der Waals surface area contributed by atoms with Crippen molar-refractivity contribution < 1.29 is 4.79 Å². The molecule has 0 aliphatic heterocycles. The number of H-pyrrole nitrogens is 1. The molecule has 8 heteroatoms. The molecule has 132 valence electrons. The maximum Gasteiger partial charge on any atom is 0.277 e.